The van der Waals surface area contributed by atoms with Crippen LogP contribution in [0.4, 0.5) is 5.69 Å². The molecule has 0 heterocycles. The Hall–Kier alpha value is -1.90. The van der Waals surface area contributed by atoms with Gasteiger partial charge < -0.3 is 0 Å². The standard InChI is InChI=1S/C21H26N2O4S2/c1-15(21-14-16-7-8-17(21)13-16)22-28(24,25)20-11-9-18(10-12-20)23-29(26,27)19-5-3-2-4-6-19/h2-6,9-12,15-17,21-23H,7-8,13-14H2,1H3/t15-,16-,17-,21-/m1/s1. The molecular formula is C21H26N2O4S2. The third-order valence-electron chi connectivity index (χ3n) is 6.25. The van der Waals surface area contributed by atoms with Crippen LogP contribution in [-0.4, -0.2) is 22.9 Å². The topological polar surface area (TPSA) is 92.3 Å². The fourth-order valence-corrected chi connectivity index (χ4v) is 7.20. The molecule has 2 fully saturated rings. The first-order chi connectivity index (χ1) is 13.7. The van der Waals surface area contributed by atoms with Crippen molar-refractivity contribution in [2.24, 2.45) is 17.8 Å². The van der Waals surface area contributed by atoms with Crippen molar-refractivity contribution in [2.75, 3.05) is 4.72 Å². The van der Waals surface area contributed by atoms with Gasteiger partial charge in [-0.3, -0.25) is 4.72 Å². The van der Waals surface area contributed by atoms with Crippen LogP contribution in [0.5, 0.6) is 0 Å². The fraction of sp³-hybridized carbons (Fsp3) is 0.429. The van der Waals surface area contributed by atoms with Crippen LogP contribution in [0.15, 0.2) is 64.4 Å². The van der Waals surface area contributed by atoms with Crippen LogP contribution in [0.25, 0.3) is 0 Å². The van der Waals surface area contributed by atoms with Crippen molar-refractivity contribution in [1.82, 2.24) is 4.72 Å². The highest BCUT2D eigenvalue weighted by Crippen LogP contribution is 2.49. The molecule has 0 spiro atoms. The summed E-state index contributed by atoms with van der Waals surface area (Å²) < 4.78 is 55.6. The van der Waals surface area contributed by atoms with E-state index in [1.54, 1.807) is 18.2 Å². The molecule has 2 aliphatic carbocycles. The van der Waals surface area contributed by atoms with Crippen LogP contribution >= 0.6 is 0 Å². The van der Waals surface area contributed by atoms with Gasteiger partial charge in [-0.25, -0.2) is 21.6 Å². The number of rotatable bonds is 7. The summed E-state index contributed by atoms with van der Waals surface area (Å²) in [5.74, 6) is 1.79. The molecule has 156 valence electrons. The van der Waals surface area contributed by atoms with Crippen LogP contribution < -0.4 is 9.44 Å². The summed E-state index contributed by atoms with van der Waals surface area (Å²) in [5.41, 5.74) is 0.314. The first-order valence-electron chi connectivity index (χ1n) is 9.95. The molecular weight excluding hydrogens is 408 g/mol. The van der Waals surface area contributed by atoms with E-state index in [1.165, 1.54) is 55.7 Å². The van der Waals surface area contributed by atoms with Crippen molar-refractivity contribution in [1.29, 1.82) is 0 Å². The van der Waals surface area contributed by atoms with E-state index in [4.69, 9.17) is 0 Å². The molecule has 8 heteroatoms. The summed E-state index contributed by atoms with van der Waals surface area (Å²) in [6.07, 6.45) is 4.82. The fourth-order valence-electron chi connectivity index (χ4n) is 4.82. The van der Waals surface area contributed by atoms with Gasteiger partial charge in [-0.2, -0.15) is 0 Å². The molecule has 0 aliphatic heterocycles. The van der Waals surface area contributed by atoms with Crippen molar-refractivity contribution in [3.8, 4) is 0 Å². The van der Waals surface area contributed by atoms with E-state index >= 15 is 0 Å². The summed E-state index contributed by atoms with van der Waals surface area (Å²) in [6, 6.07) is 13.7. The zero-order valence-corrected chi connectivity index (χ0v) is 17.9. The van der Waals surface area contributed by atoms with Crippen molar-refractivity contribution in [3.63, 3.8) is 0 Å². The molecule has 29 heavy (non-hydrogen) atoms. The molecule has 0 radical (unpaired) electrons. The Balaban J connectivity index is 1.44. The summed E-state index contributed by atoms with van der Waals surface area (Å²) in [5, 5.41) is 0. The van der Waals surface area contributed by atoms with Gasteiger partial charge in [0, 0.05) is 11.7 Å². The highest BCUT2D eigenvalue weighted by Gasteiger charge is 2.42. The Morgan fingerprint density at radius 1 is 0.828 bits per heavy atom. The molecule has 0 saturated heterocycles. The molecule has 2 aromatic carbocycles. The number of sulfonamides is 2. The largest absolute Gasteiger partial charge is 0.280 e. The summed E-state index contributed by atoms with van der Waals surface area (Å²) in [6.45, 7) is 1.95. The molecule has 0 amide bonds. The number of nitrogens with one attached hydrogen (secondary N) is 2. The molecule has 6 nitrogen and oxygen atoms in total. The lowest BCUT2D eigenvalue weighted by molar-refractivity contribution is 0.280. The lowest BCUT2D eigenvalue weighted by Crippen LogP contribution is -2.40. The third kappa shape index (κ3) is 4.34. The average Bonchev–Trinajstić information content (AvgIpc) is 3.32. The summed E-state index contributed by atoms with van der Waals surface area (Å²) in [4.78, 5) is 0.285. The van der Waals surface area contributed by atoms with E-state index in [1.807, 2.05) is 6.92 Å². The smallest absolute Gasteiger partial charge is 0.261 e. The molecule has 0 unspecified atom stereocenters. The molecule has 4 atom stereocenters. The maximum atomic E-state index is 12.8. The Labute approximate surface area is 172 Å². The second kappa shape index (κ2) is 7.74. The van der Waals surface area contributed by atoms with Gasteiger partial charge in [-0.05, 0) is 80.3 Å². The van der Waals surface area contributed by atoms with E-state index in [0.29, 0.717) is 17.5 Å². The Kier molecular flexibility index (Phi) is 5.44. The van der Waals surface area contributed by atoms with E-state index in [0.717, 1.165) is 12.3 Å². The Morgan fingerprint density at radius 2 is 1.48 bits per heavy atom. The number of hydrogen-bond donors (Lipinski definition) is 2. The molecule has 0 aromatic heterocycles. The summed E-state index contributed by atoms with van der Waals surface area (Å²) >= 11 is 0. The van der Waals surface area contributed by atoms with E-state index in [-0.39, 0.29) is 15.8 Å². The predicted molar refractivity (Wildman–Crippen MR) is 112 cm³/mol. The van der Waals surface area contributed by atoms with Gasteiger partial charge in [0.15, 0.2) is 0 Å². The van der Waals surface area contributed by atoms with Crippen LogP contribution in [0.2, 0.25) is 0 Å². The van der Waals surface area contributed by atoms with Gasteiger partial charge in [0.25, 0.3) is 10.0 Å². The van der Waals surface area contributed by atoms with E-state index in [2.05, 4.69) is 9.44 Å². The third-order valence-corrected chi connectivity index (χ3v) is 9.22. The predicted octanol–water partition coefficient (Wildman–Crippen LogP) is 3.59. The lowest BCUT2D eigenvalue weighted by atomic mass is 9.84. The zero-order valence-electron chi connectivity index (χ0n) is 16.3. The molecule has 2 bridgehead atoms. The molecule has 2 saturated carbocycles. The van der Waals surface area contributed by atoms with Crippen LogP contribution in [0.3, 0.4) is 0 Å². The van der Waals surface area contributed by atoms with Crippen molar-refractivity contribution >= 4 is 25.7 Å². The quantitative estimate of drug-likeness (QED) is 0.697. The average molecular weight is 435 g/mol. The summed E-state index contributed by atoms with van der Waals surface area (Å²) in [7, 11) is -7.37. The lowest BCUT2D eigenvalue weighted by Gasteiger charge is -2.28. The maximum absolute atomic E-state index is 12.8. The van der Waals surface area contributed by atoms with Gasteiger partial charge in [-0.1, -0.05) is 24.6 Å². The highest BCUT2D eigenvalue weighted by atomic mass is 32.2. The first kappa shape index (κ1) is 20.4. The van der Waals surface area contributed by atoms with Gasteiger partial charge in [0.1, 0.15) is 0 Å². The van der Waals surface area contributed by atoms with Crippen LogP contribution in [0, 0.1) is 17.8 Å². The maximum Gasteiger partial charge on any atom is 0.261 e. The number of fused-ring (bicyclic) bond motifs is 2. The molecule has 2 aliphatic rings. The second-order valence-corrected chi connectivity index (χ2v) is 11.6. The highest BCUT2D eigenvalue weighted by molar-refractivity contribution is 7.92. The van der Waals surface area contributed by atoms with Crippen LogP contribution in [-0.2, 0) is 20.0 Å². The Morgan fingerprint density at radius 3 is 2.07 bits per heavy atom. The van der Waals surface area contributed by atoms with Gasteiger partial charge in [0.2, 0.25) is 10.0 Å². The van der Waals surface area contributed by atoms with Crippen molar-refractivity contribution < 1.29 is 16.8 Å². The zero-order chi connectivity index (χ0) is 20.6. The Bertz CT molecular complexity index is 1070. The number of anilines is 1. The minimum atomic E-state index is -3.71. The van der Waals surface area contributed by atoms with Gasteiger partial charge in [0.05, 0.1) is 9.79 Å². The van der Waals surface area contributed by atoms with Gasteiger partial charge in [-0.15, -0.1) is 0 Å². The second-order valence-electron chi connectivity index (χ2n) is 8.19. The molecule has 2 aromatic rings. The van der Waals surface area contributed by atoms with Crippen LogP contribution in [0.1, 0.15) is 32.6 Å². The van der Waals surface area contributed by atoms with E-state index in [9.17, 15) is 16.8 Å². The first-order valence-corrected chi connectivity index (χ1v) is 12.9. The van der Waals surface area contributed by atoms with Crippen molar-refractivity contribution in [3.05, 3.63) is 54.6 Å². The normalized spacial score (nSPS) is 25.1. The minimum absolute atomic E-state index is 0.105. The van der Waals surface area contributed by atoms with Crippen molar-refractivity contribution in [2.45, 2.75) is 48.4 Å². The molecule has 4 rings (SSSR count). The van der Waals surface area contributed by atoms with Gasteiger partial charge >= 0.3 is 0 Å². The SMILES string of the molecule is C[C@@H](NS(=O)(=O)c1ccc(NS(=O)(=O)c2ccccc2)cc1)[C@H]1C[C@@H]2CC[C@@H]1C2. The monoisotopic (exact) mass is 434 g/mol. The van der Waals surface area contributed by atoms with E-state index < -0.39 is 20.0 Å². The minimum Gasteiger partial charge on any atom is -0.280 e. The molecule has 2 N–H and O–H groups in total. The number of benzene rings is 2. The number of hydrogen-bond acceptors (Lipinski definition) is 4.